The molecule has 29 nitrogen and oxygen atoms in total. The first-order valence-corrected chi connectivity index (χ1v) is 36.1. The number of aromatic amines is 1. The number of fused-ring (bicyclic) bond motifs is 1. The summed E-state index contributed by atoms with van der Waals surface area (Å²) in [6.07, 6.45) is -3.78. The molecule has 1 aliphatic rings. The number of carbonyl (C=O) groups excluding carboxylic acids is 12. The first-order chi connectivity index (χ1) is 48.4. The summed E-state index contributed by atoms with van der Waals surface area (Å²) in [5.41, 5.74) is 1.30. The number of benzene rings is 2. The monoisotopic (exact) mass is 1460 g/mol. The molecule has 3 aromatic rings. The maximum absolute atomic E-state index is 15.5. The van der Waals surface area contributed by atoms with Gasteiger partial charge in [-0.1, -0.05) is 147 Å². The van der Waals surface area contributed by atoms with Crippen molar-refractivity contribution >= 4 is 81.9 Å². The highest BCUT2D eigenvalue weighted by molar-refractivity contribution is 6.01. The third kappa shape index (κ3) is 22.4. The lowest BCUT2D eigenvalue weighted by atomic mass is 9.94. The van der Waals surface area contributed by atoms with Crippen molar-refractivity contribution in [2.24, 2.45) is 47.3 Å². The Morgan fingerprint density at radius 2 is 1.03 bits per heavy atom. The second-order valence-corrected chi connectivity index (χ2v) is 30.6. The van der Waals surface area contributed by atoms with Crippen LogP contribution < -0.4 is 47.3 Å². The van der Waals surface area contributed by atoms with Gasteiger partial charge in [-0.15, -0.1) is 0 Å². The van der Waals surface area contributed by atoms with E-state index in [0.717, 1.165) is 4.90 Å². The molecule has 1 fully saturated rings. The maximum atomic E-state index is 15.5. The predicted octanol–water partition coefficient (Wildman–Crippen LogP) is 2.71. The van der Waals surface area contributed by atoms with Crippen LogP contribution in [0.5, 0.6) is 5.75 Å². The molecule has 0 saturated carbocycles. The van der Waals surface area contributed by atoms with E-state index in [9.17, 15) is 34.2 Å². The number of ether oxygens (including phenoxy) is 2. The molecule has 11 amide bonds. The van der Waals surface area contributed by atoms with Crippen LogP contribution in [0.15, 0.2) is 54.7 Å². The summed E-state index contributed by atoms with van der Waals surface area (Å²) >= 11 is 0. The molecule has 2 aromatic carbocycles. The van der Waals surface area contributed by atoms with Crippen molar-refractivity contribution < 1.29 is 77.2 Å². The first-order valence-electron chi connectivity index (χ1n) is 36.1. The average molecular weight is 1460 g/mol. The molecule has 0 bridgehead atoms. The number of cyclic esters (lactones) is 1. The molecule has 2 heterocycles. The highest BCUT2D eigenvalue weighted by Crippen LogP contribution is 2.31. The summed E-state index contributed by atoms with van der Waals surface area (Å²) < 4.78 is 11.8. The molecular formula is C75H119N13O16. The number of aliphatic hydroxyl groups excluding tert-OH is 2. The first kappa shape index (κ1) is 87.7. The van der Waals surface area contributed by atoms with Crippen LogP contribution in [0.25, 0.3) is 10.9 Å². The molecule has 6 unspecified atom stereocenters. The third-order valence-corrected chi connectivity index (χ3v) is 19.0. The van der Waals surface area contributed by atoms with Crippen LogP contribution in [0.2, 0.25) is 0 Å². The fourth-order valence-electron chi connectivity index (χ4n) is 13.0. The number of likely N-dealkylation sites (N-methyl/N-ethyl adjacent to an activating group) is 4. The van der Waals surface area contributed by atoms with Crippen molar-refractivity contribution in [3.63, 3.8) is 0 Å². The number of esters is 1. The van der Waals surface area contributed by atoms with Crippen LogP contribution in [0.3, 0.4) is 0 Å². The molecule has 15 atom stereocenters. The second kappa shape index (κ2) is 38.9. The molecule has 1 saturated heterocycles. The van der Waals surface area contributed by atoms with Crippen molar-refractivity contribution in [2.45, 2.75) is 228 Å². The zero-order valence-corrected chi connectivity index (χ0v) is 65.3. The number of hydrogen-bond donors (Lipinski definition) is 11. The molecule has 104 heavy (non-hydrogen) atoms. The largest absolute Gasteiger partial charge is 0.496 e. The van der Waals surface area contributed by atoms with Gasteiger partial charge in [0.2, 0.25) is 65.0 Å². The van der Waals surface area contributed by atoms with Crippen molar-refractivity contribution in [2.75, 3.05) is 42.3 Å². The summed E-state index contributed by atoms with van der Waals surface area (Å²) in [6.45, 7) is 29.3. The quantitative estimate of drug-likeness (QED) is 0.0725. The zero-order valence-electron chi connectivity index (χ0n) is 65.3. The summed E-state index contributed by atoms with van der Waals surface area (Å²) in [7, 11) is 9.03. The number of aromatic nitrogens is 1. The van der Waals surface area contributed by atoms with Gasteiger partial charge in [-0.2, -0.15) is 0 Å². The molecular weight excluding hydrogens is 1340 g/mol. The number of H-pyrrole nitrogens is 1. The molecule has 11 N–H and O–H groups in total. The van der Waals surface area contributed by atoms with Gasteiger partial charge < -0.3 is 81.9 Å². The topological polar surface area (TPSA) is 389 Å². The number of rotatable bonds is 20. The minimum absolute atomic E-state index is 0.0443. The molecule has 0 spiro atoms. The minimum atomic E-state index is -1.96. The summed E-state index contributed by atoms with van der Waals surface area (Å²) in [4.78, 5) is 188. The zero-order chi connectivity index (χ0) is 79.0. The molecule has 1 aliphatic heterocycles. The van der Waals surface area contributed by atoms with Gasteiger partial charge in [0.05, 0.1) is 19.3 Å². The SMILES string of the molecule is COc1cccc2[nH]cc(CC3C(=O)NC(C(C)C)C(=O)N[C@@H](C(O)c4ccccc4)C(=O)NC(C(C)C)C(=O)O[C@H](C)[C@H](NC(=O)[C@@H](NC(=O)[C@H](C(C)C)N(C)C)C(C)C)C(=O)N[C@@H]([C@@H](C)O)C(=O)N[C@@H](C(C)C)C(=O)N(C)C(CC(C)C)C(=O)N[C@@H](C(C)C)C(=O)N(C)C(C(C)C)C(=O)N3C)c12. The number of nitrogens with zero attached hydrogens (tertiary/aromatic N) is 4. The van der Waals surface area contributed by atoms with E-state index in [1.807, 2.05) is 27.7 Å². The predicted molar refractivity (Wildman–Crippen MR) is 393 cm³/mol. The molecule has 1 aromatic heterocycles. The average Bonchev–Trinajstić information content (AvgIpc) is 1.19. The Balaban J connectivity index is 2.05. The van der Waals surface area contributed by atoms with E-state index < -0.39 is 197 Å². The van der Waals surface area contributed by atoms with Crippen LogP contribution in [0.4, 0.5) is 0 Å². The lowest BCUT2D eigenvalue weighted by Gasteiger charge is -2.39. The van der Waals surface area contributed by atoms with E-state index in [1.54, 1.807) is 145 Å². The summed E-state index contributed by atoms with van der Waals surface area (Å²) in [5.74, 6) is -15.2. The number of nitrogens with one attached hydrogen (secondary N) is 9. The van der Waals surface area contributed by atoms with Crippen LogP contribution >= 0.6 is 0 Å². The number of hydrogen-bond acceptors (Lipinski definition) is 17. The van der Waals surface area contributed by atoms with E-state index in [4.69, 9.17) is 9.47 Å². The van der Waals surface area contributed by atoms with Crippen molar-refractivity contribution in [1.29, 1.82) is 0 Å². The summed E-state index contributed by atoms with van der Waals surface area (Å²) in [5, 5.41) is 45.6. The number of methoxy groups -OCH3 is 1. The Kier molecular flexibility index (Phi) is 32.8. The fraction of sp³-hybridized carbons (Fsp3) is 0.653. The normalized spacial score (nSPS) is 24.8. The Morgan fingerprint density at radius 1 is 0.548 bits per heavy atom. The third-order valence-electron chi connectivity index (χ3n) is 19.0. The summed E-state index contributed by atoms with van der Waals surface area (Å²) in [6, 6.07) is -4.77. The second-order valence-electron chi connectivity index (χ2n) is 30.6. The molecule has 4 rings (SSSR count). The van der Waals surface area contributed by atoms with Crippen LogP contribution in [-0.4, -0.2) is 233 Å². The van der Waals surface area contributed by atoms with Crippen LogP contribution in [0.1, 0.15) is 148 Å². The molecule has 0 radical (unpaired) electrons. The van der Waals surface area contributed by atoms with Gasteiger partial charge in [0, 0.05) is 44.7 Å². The van der Waals surface area contributed by atoms with Crippen molar-refractivity contribution in [3.05, 3.63) is 65.9 Å². The Bertz CT molecular complexity index is 3460. The fourth-order valence-corrected chi connectivity index (χ4v) is 13.0. The standard InChI is InChI=1S/C75H119N13O16/c1-36(2)33-49-64(91)79-56(40(9)10)73(100)88(23)62(43(15)16)74(101)87(22)50(34-47-35-76-48-31-28-32-51(103-24)52(47)48)65(92)77-53(37(3)4)67(94)84-60(63(90)46-29-26-25-27-30-46)70(97)81-57(41(11)12)75(102)104-45(18)59(83-66(93)54(38(5)6)78-71(98)61(42(13)14)85(19)20)69(96)82-58(44(17)89)68(95)80-55(39(7)8)72(99)86(49)21/h25-32,35-45,49-50,53-63,76,89-90H,33-34H2,1-24H3,(H,77,92)(H,78,98)(H,79,91)(H,80,95)(H,81,97)(H,82,96)(H,83,93)(H,84,94)/t44-,45-,49?,50?,53?,54+,55+,56+,57?,58+,59+,60+,61+,62?,63?/m1/s1. The Hall–Kier alpha value is -8.70. The van der Waals surface area contributed by atoms with Crippen LogP contribution in [0, 0.1) is 47.3 Å². The number of amides is 11. The van der Waals surface area contributed by atoms with E-state index in [0.29, 0.717) is 22.2 Å². The van der Waals surface area contributed by atoms with E-state index >= 15 is 33.6 Å². The smallest absolute Gasteiger partial charge is 0.329 e. The minimum Gasteiger partial charge on any atom is -0.496 e. The Labute approximate surface area is 613 Å². The Morgan fingerprint density at radius 3 is 1.53 bits per heavy atom. The highest BCUT2D eigenvalue weighted by atomic mass is 16.5. The van der Waals surface area contributed by atoms with Gasteiger partial charge in [0.1, 0.15) is 84.4 Å². The molecule has 580 valence electrons. The van der Waals surface area contributed by atoms with Gasteiger partial charge in [0.15, 0.2) is 0 Å². The van der Waals surface area contributed by atoms with Gasteiger partial charge in [-0.25, -0.2) is 4.79 Å². The van der Waals surface area contributed by atoms with Crippen molar-refractivity contribution in [1.82, 2.24) is 67.1 Å². The number of carbonyl (C=O) groups is 12. The van der Waals surface area contributed by atoms with Gasteiger partial charge in [-0.05, 0) is 105 Å². The number of aliphatic hydroxyl groups is 2. The molecule has 0 aliphatic carbocycles. The lowest BCUT2D eigenvalue weighted by molar-refractivity contribution is -0.158. The van der Waals surface area contributed by atoms with Crippen LogP contribution in [-0.2, 0) is 68.7 Å². The highest BCUT2D eigenvalue weighted by Gasteiger charge is 2.46. The van der Waals surface area contributed by atoms with Gasteiger partial charge in [0.25, 0.3) is 0 Å². The maximum Gasteiger partial charge on any atom is 0.329 e. The van der Waals surface area contributed by atoms with Crippen molar-refractivity contribution in [3.8, 4) is 5.75 Å². The molecule has 29 heteroatoms. The lowest BCUT2D eigenvalue weighted by Crippen LogP contribution is -2.64. The van der Waals surface area contributed by atoms with E-state index in [-0.39, 0.29) is 30.2 Å². The van der Waals surface area contributed by atoms with Gasteiger partial charge >= 0.3 is 5.97 Å². The van der Waals surface area contributed by atoms with E-state index in [1.165, 1.54) is 64.0 Å². The van der Waals surface area contributed by atoms with E-state index in [2.05, 4.69) is 47.5 Å². The van der Waals surface area contributed by atoms with Gasteiger partial charge in [-0.3, -0.25) is 57.6 Å².